The molecule has 0 aromatic heterocycles. The molecule has 0 saturated carbocycles. The van der Waals surface area contributed by atoms with Gasteiger partial charge in [-0.2, -0.15) is 0 Å². The summed E-state index contributed by atoms with van der Waals surface area (Å²) in [5.74, 6) is 0. The maximum absolute atomic E-state index is 5.23. The van der Waals surface area contributed by atoms with E-state index in [0.29, 0.717) is 6.04 Å². The van der Waals surface area contributed by atoms with E-state index in [0.717, 1.165) is 39.3 Å². The van der Waals surface area contributed by atoms with E-state index in [-0.39, 0.29) is 0 Å². The van der Waals surface area contributed by atoms with E-state index in [1.807, 2.05) is 0 Å². The summed E-state index contributed by atoms with van der Waals surface area (Å²) < 4.78 is 10.5. The second-order valence-corrected chi connectivity index (χ2v) is 5.25. The lowest BCUT2D eigenvalue weighted by Crippen LogP contribution is -2.43. The number of benzene rings is 1. The number of aryl methyl sites for hydroxylation is 1. The normalized spacial score (nSPS) is 18.4. The van der Waals surface area contributed by atoms with Crippen LogP contribution in [0.5, 0.6) is 0 Å². The van der Waals surface area contributed by atoms with Gasteiger partial charge in [0.1, 0.15) is 0 Å². The predicted octanol–water partition coefficient (Wildman–Crippen LogP) is 2.01. The second kappa shape index (κ2) is 8.25. The first-order valence-electron chi connectivity index (χ1n) is 7.39. The molecule has 1 atom stereocenters. The molecule has 20 heavy (non-hydrogen) atoms. The van der Waals surface area contributed by atoms with Crippen LogP contribution in [-0.2, 0) is 15.9 Å². The summed E-state index contributed by atoms with van der Waals surface area (Å²) in [6, 6.07) is 9.15. The quantitative estimate of drug-likeness (QED) is 0.827. The largest absolute Gasteiger partial charge is 0.383 e. The Labute approximate surface area is 122 Å². The van der Waals surface area contributed by atoms with Crippen LogP contribution in [0.2, 0.25) is 0 Å². The second-order valence-electron chi connectivity index (χ2n) is 5.25. The Hall–Kier alpha value is -1.10. The van der Waals surface area contributed by atoms with Gasteiger partial charge in [-0.15, -0.1) is 0 Å². The first-order valence-corrected chi connectivity index (χ1v) is 7.39. The summed E-state index contributed by atoms with van der Waals surface area (Å²) in [6.45, 7) is 4.45. The summed E-state index contributed by atoms with van der Waals surface area (Å²) in [7, 11) is 3.52. The number of ether oxygens (including phenoxy) is 2. The van der Waals surface area contributed by atoms with Crippen molar-refractivity contribution in [3.8, 4) is 0 Å². The van der Waals surface area contributed by atoms with Crippen molar-refractivity contribution >= 4 is 5.69 Å². The lowest BCUT2D eigenvalue weighted by molar-refractivity contribution is 0.0882. The van der Waals surface area contributed by atoms with Crippen LogP contribution in [0, 0.1) is 0 Å². The number of hydrogen-bond donors (Lipinski definition) is 1. The third-order valence-corrected chi connectivity index (χ3v) is 3.97. The number of methoxy groups -OCH3 is 2. The van der Waals surface area contributed by atoms with Gasteiger partial charge in [-0.3, -0.25) is 4.90 Å². The van der Waals surface area contributed by atoms with Gasteiger partial charge in [-0.1, -0.05) is 18.2 Å². The van der Waals surface area contributed by atoms with Crippen LogP contribution in [0.4, 0.5) is 5.69 Å². The van der Waals surface area contributed by atoms with Crippen molar-refractivity contribution in [2.75, 3.05) is 52.4 Å². The first-order chi connectivity index (χ1) is 9.85. The van der Waals surface area contributed by atoms with Crippen LogP contribution in [0.3, 0.4) is 0 Å². The fourth-order valence-corrected chi connectivity index (χ4v) is 2.77. The Kier molecular flexibility index (Phi) is 6.30. The lowest BCUT2D eigenvalue weighted by Gasteiger charge is -2.30. The highest BCUT2D eigenvalue weighted by Gasteiger charge is 2.21. The molecule has 0 fully saturated rings. The van der Waals surface area contributed by atoms with Gasteiger partial charge in [0.15, 0.2) is 0 Å². The number of nitrogens with one attached hydrogen (secondary N) is 1. The van der Waals surface area contributed by atoms with E-state index >= 15 is 0 Å². The van der Waals surface area contributed by atoms with Crippen molar-refractivity contribution in [1.29, 1.82) is 0 Å². The number of hydrogen-bond acceptors (Lipinski definition) is 4. The van der Waals surface area contributed by atoms with E-state index in [2.05, 4.69) is 34.5 Å². The van der Waals surface area contributed by atoms with Crippen LogP contribution in [-0.4, -0.2) is 58.0 Å². The van der Waals surface area contributed by atoms with Crippen molar-refractivity contribution in [2.45, 2.75) is 18.9 Å². The van der Waals surface area contributed by atoms with Crippen molar-refractivity contribution < 1.29 is 9.47 Å². The Morgan fingerprint density at radius 3 is 2.55 bits per heavy atom. The van der Waals surface area contributed by atoms with Crippen LogP contribution < -0.4 is 5.32 Å². The molecule has 1 aliphatic heterocycles. The highest BCUT2D eigenvalue weighted by atomic mass is 16.5. The monoisotopic (exact) mass is 278 g/mol. The Balaban J connectivity index is 1.96. The fourth-order valence-electron chi connectivity index (χ4n) is 2.77. The topological polar surface area (TPSA) is 33.7 Å². The summed E-state index contributed by atoms with van der Waals surface area (Å²) in [4.78, 5) is 2.48. The average Bonchev–Trinajstić information content (AvgIpc) is 2.70. The van der Waals surface area contributed by atoms with Gasteiger partial charge < -0.3 is 14.8 Å². The molecule has 112 valence electrons. The highest BCUT2D eigenvalue weighted by molar-refractivity contribution is 5.52. The van der Waals surface area contributed by atoms with Gasteiger partial charge in [0.2, 0.25) is 0 Å². The third kappa shape index (κ3) is 4.20. The molecule has 1 aromatic rings. The summed E-state index contributed by atoms with van der Waals surface area (Å²) in [5, 5.41) is 3.59. The molecule has 1 aromatic carbocycles. The molecule has 0 saturated heterocycles. The smallest absolute Gasteiger partial charge is 0.0589 e. The first kappa shape index (κ1) is 15.3. The molecule has 1 N–H and O–H groups in total. The molecule has 4 nitrogen and oxygen atoms in total. The lowest BCUT2D eigenvalue weighted by atomic mass is 10.1. The molecule has 1 heterocycles. The molecular formula is C16H26N2O2. The van der Waals surface area contributed by atoms with E-state index in [1.165, 1.54) is 17.7 Å². The maximum atomic E-state index is 5.23. The molecule has 2 rings (SSSR count). The minimum absolute atomic E-state index is 0.535. The van der Waals surface area contributed by atoms with Crippen molar-refractivity contribution in [2.24, 2.45) is 0 Å². The standard InChI is InChI=1S/C16H26N2O2/c1-19-11-9-18(10-12-20-2)15-8-7-14-5-3-4-6-16(14)17-13-15/h3-6,15,17H,7-13H2,1-2H3. The van der Waals surface area contributed by atoms with E-state index in [9.17, 15) is 0 Å². The molecule has 4 heteroatoms. The molecule has 0 amide bonds. The third-order valence-electron chi connectivity index (χ3n) is 3.97. The number of anilines is 1. The Morgan fingerprint density at radius 1 is 1.15 bits per heavy atom. The van der Waals surface area contributed by atoms with Gasteiger partial charge in [-0.05, 0) is 24.5 Å². The summed E-state index contributed by atoms with van der Waals surface area (Å²) in [6.07, 6.45) is 2.31. The zero-order valence-corrected chi connectivity index (χ0v) is 12.6. The van der Waals surface area contributed by atoms with Crippen molar-refractivity contribution in [1.82, 2.24) is 4.90 Å². The fraction of sp³-hybridized carbons (Fsp3) is 0.625. The van der Waals surface area contributed by atoms with E-state index in [4.69, 9.17) is 9.47 Å². The molecule has 0 spiro atoms. The Bertz CT molecular complexity index is 363. The van der Waals surface area contributed by atoms with Crippen LogP contribution in [0.15, 0.2) is 24.3 Å². The van der Waals surface area contributed by atoms with Gasteiger partial charge in [0.05, 0.1) is 13.2 Å². The highest BCUT2D eigenvalue weighted by Crippen LogP contribution is 2.22. The van der Waals surface area contributed by atoms with Gasteiger partial charge >= 0.3 is 0 Å². The number of para-hydroxylation sites is 1. The predicted molar refractivity (Wildman–Crippen MR) is 82.4 cm³/mol. The number of fused-ring (bicyclic) bond motifs is 1. The molecule has 1 unspecified atom stereocenters. The van der Waals surface area contributed by atoms with Gasteiger partial charge in [0.25, 0.3) is 0 Å². The zero-order valence-electron chi connectivity index (χ0n) is 12.6. The Morgan fingerprint density at radius 2 is 1.85 bits per heavy atom. The van der Waals surface area contributed by atoms with Crippen LogP contribution in [0.1, 0.15) is 12.0 Å². The molecule has 0 aliphatic carbocycles. The van der Waals surface area contributed by atoms with Crippen molar-refractivity contribution in [3.63, 3.8) is 0 Å². The minimum atomic E-state index is 0.535. The molecule has 0 bridgehead atoms. The number of nitrogens with zero attached hydrogens (tertiary/aromatic N) is 1. The SMILES string of the molecule is COCCN(CCOC)C1CCc2ccccc2NC1. The summed E-state index contributed by atoms with van der Waals surface area (Å²) in [5.41, 5.74) is 2.71. The van der Waals surface area contributed by atoms with E-state index < -0.39 is 0 Å². The minimum Gasteiger partial charge on any atom is -0.383 e. The average molecular weight is 278 g/mol. The molecule has 1 aliphatic rings. The molecular weight excluding hydrogens is 252 g/mol. The molecule has 0 radical (unpaired) electrons. The summed E-state index contributed by atoms with van der Waals surface area (Å²) >= 11 is 0. The zero-order chi connectivity index (χ0) is 14.2. The van der Waals surface area contributed by atoms with E-state index in [1.54, 1.807) is 14.2 Å². The van der Waals surface area contributed by atoms with Crippen LogP contribution >= 0.6 is 0 Å². The van der Waals surface area contributed by atoms with Gasteiger partial charge in [-0.25, -0.2) is 0 Å². The van der Waals surface area contributed by atoms with Crippen molar-refractivity contribution in [3.05, 3.63) is 29.8 Å². The van der Waals surface area contributed by atoms with Crippen LogP contribution in [0.25, 0.3) is 0 Å². The number of rotatable bonds is 7. The maximum Gasteiger partial charge on any atom is 0.0589 e. The van der Waals surface area contributed by atoms with Gasteiger partial charge in [0, 0.05) is 45.6 Å².